The van der Waals surface area contributed by atoms with Crippen LogP contribution in [0.5, 0.6) is 0 Å². The van der Waals surface area contributed by atoms with Crippen LogP contribution in [0.1, 0.15) is 56.8 Å². The fraction of sp³-hybridized carbons (Fsp3) is 0.474. The Kier molecular flexibility index (Phi) is 8.13. The molecule has 1 aliphatic carbocycles. The highest BCUT2D eigenvalue weighted by molar-refractivity contribution is 5.98. The van der Waals surface area contributed by atoms with Crippen LogP contribution in [-0.2, 0) is 11.3 Å². The van der Waals surface area contributed by atoms with Gasteiger partial charge in [0.15, 0.2) is 0 Å². The summed E-state index contributed by atoms with van der Waals surface area (Å²) >= 11 is 0. The lowest BCUT2D eigenvalue weighted by Gasteiger charge is -2.22. The van der Waals surface area contributed by atoms with E-state index in [2.05, 4.69) is 34.8 Å². The van der Waals surface area contributed by atoms with Gasteiger partial charge in [-0.05, 0) is 30.5 Å². The quantitative estimate of drug-likeness (QED) is 0.795. The third-order valence-corrected chi connectivity index (χ3v) is 4.75. The first-order valence-electron chi connectivity index (χ1n) is 8.68. The van der Waals surface area contributed by atoms with Crippen LogP contribution in [0.2, 0.25) is 0 Å². The Morgan fingerprint density at radius 2 is 2.00 bits per heavy atom. The molecule has 1 fully saturated rings. The lowest BCUT2D eigenvalue weighted by Crippen LogP contribution is -2.48. The van der Waals surface area contributed by atoms with E-state index >= 15 is 0 Å². The summed E-state index contributed by atoms with van der Waals surface area (Å²) in [5, 5.41) is 2.99. The van der Waals surface area contributed by atoms with Gasteiger partial charge in [-0.2, -0.15) is 0 Å². The van der Waals surface area contributed by atoms with Crippen molar-refractivity contribution < 1.29 is 4.79 Å². The van der Waals surface area contributed by atoms with Gasteiger partial charge in [-0.25, -0.2) is 4.98 Å². The predicted molar refractivity (Wildman–Crippen MR) is 110 cm³/mol. The molecule has 0 unspecified atom stereocenters. The van der Waals surface area contributed by atoms with Crippen molar-refractivity contribution in [3.63, 3.8) is 0 Å². The van der Waals surface area contributed by atoms with Crippen LogP contribution in [0.4, 0.5) is 5.69 Å². The molecular formula is C19H28Cl2N4O. The van der Waals surface area contributed by atoms with E-state index in [-0.39, 0.29) is 30.7 Å². The summed E-state index contributed by atoms with van der Waals surface area (Å²) in [6.07, 6.45) is 7.43. The zero-order chi connectivity index (χ0) is 17.2. The van der Waals surface area contributed by atoms with E-state index in [9.17, 15) is 4.79 Å². The third-order valence-electron chi connectivity index (χ3n) is 4.75. The van der Waals surface area contributed by atoms with E-state index in [4.69, 9.17) is 5.73 Å². The van der Waals surface area contributed by atoms with Crippen molar-refractivity contribution in [1.82, 2.24) is 9.55 Å². The lowest BCUT2D eigenvalue weighted by atomic mass is 9.98. The smallest absolute Gasteiger partial charge is 0.244 e. The molecular weight excluding hydrogens is 371 g/mol. The van der Waals surface area contributed by atoms with Crippen molar-refractivity contribution in [3.05, 3.63) is 48.0 Å². The molecule has 1 amide bonds. The molecule has 1 saturated carbocycles. The minimum absolute atomic E-state index is 0. The maximum absolute atomic E-state index is 12.5. The second kappa shape index (κ2) is 9.40. The summed E-state index contributed by atoms with van der Waals surface area (Å²) < 4.78 is 2.15. The lowest BCUT2D eigenvalue weighted by molar-refractivity contribution is -0.121. The Morgan fingerprint density at radius 3 is 2.65 bits per heavy atom. The number of benzene rings is 1. The van der Waals surface area contributed by atoms with Gasteiger partial charge in [0.1, 0.15) is 5.82 Å². The highest BCUT2D eigenvalue weighted by atomic mass is 35.5. The number of carbonyl (C=O) groups is 1. The Labute approximate surface area is 167 Å². The maximum Gasteiger partial charge on any atom is 0.244 e. The van der Waals surface area contributed by atoms with E-state index < -0.39 is 5.54 Å². The van der Waals surface area contributed by atoms with Crippen molar-refractivity contribution in [2.45, 2.75) is 57.5 Å². The van der Waals surface area contributed by atoms with Gasteiger partial charge < -0.3 is 15.6 Å². The Balaban J connectivity index is 0.00000169. The molecule has 0 radical (unpaired) electrons. The molecule has 0 saturated heterocycles. The van der Waals surface area contributed by atoms with Crippen LogP contribution in [0, 0.1) is 0 Å². The molecule has 0 aliphatic heterocycles. The molecule has 144 valence electrons. The van der Waals surface area contributed by atoms with E-state index in [0.29, 0.717) is 5.92 Å². The van der Waals surface area contributed by atoms with Crippen molar-refractivity contribution in [2.75, 3.05) is 5.32 Å². The van der Waals surface area contributed by atoms with Crippen LogP contribution in [0.3, 0.4) is 0 Å². The molecule has 3 rings (SSSR count). The molecule has 0 spiro atoms. The second-order valence-electron chi connectivity index (χ2n) is 7.09. The van der Waals surface area contributed by atoms with Crippen molar-refractivity contribution in [1.29, 1.82) is 0 Å². The molecule has 2 aromatic rings. The maximum atomic E-state index is 12.5. The molecule has 0 atom stereocenters. The number of imidazole rings is 1. The molecule has 1 aromatic carbocycles. The van der Waals surface area contributed by atoms with Gasteiger partial charge >= 0.3 is 0 Å². The van der Waals surface area contributed by atoms with Gasteiger partial charge in [0.05, 0.1) is 5.54 Å². The fourth-order valence-corrected chi connectivity index (χ4v) is 3.39. The topological polar surface area (TPSA) is 72.9 Å². The normalized spacial score (nSPS) is 15.2. The summed E-state index contributed by atoms with van der Waals surface area (Å²) in [6, 6.07) is 7.96. The Morgan fingerprint density at radius 1 is 1.31 bits per heavy atom. The standard InChI is InChI=1S/C19H26N4O.2ClH/c1-14(2)17-21-10-11-23(17)13-15-6-5-7-16(12-15)22-18(24)19(20)8-3-4-9-19;;/h5-7,10-12,14H,3-4,8-9,13,20H2,1-2H3,(H,22,24);2*1H. The number of nitrogens with two attached hydrogens (primary N) is 1. The van der Waals surface area contributed by atoms with Crippen molar-refractivity contribution in [3.8, 4) is 0 Å². The molecule has 3 N–H and O–H groups in total. The average molecular weight is 399 g/mol. The van der Waals surface area contributed by atoms with Crippen LogP contribution in [0.15, 0.2) is 36.7 Å². The monoisotopic (exact) mass is 398 g/mol. The summed E-state index contributed by atoms with van der Waals surface area (Å²) in [5.41, 5.74) is 7.46. The van der Waals surface area contributed by atoms with Crippen LogP contribution in [0.25, 0.3) is 0 Å². The minimum Gasteiger partial charge on any atom is -0.330 e. The van der Waals surface area contributed by atoms with E-state index in [1.165, 1.54) is 0 Å². The van der Waals surface area contributed by atoms with Gasteiger partial charge in [-0.15, -0.1) is 24.8 Å². The van der Waals surface area contributed by atoms with E-state index in [1.54, 1.807) is 0 Å². The molecule has 1 heterocycles. The zero-order valence-electron chi connectivity index (χ0n) is 15.3. The highest BCUT2D eigenvalue weighted by Crippen LogP contribution is 2.28. The Hall–Kier alpha value is -1.56. The zero-order valence-corrected chi connectivity index (χ0v) is 16.9. The molecule has 1 aromatic heterocycles. The summed E-state index contributed by atoms with van der Waals surface area (Å²) in [5.74, 6) is 1.38. The van der Waals surface area contributed by atoms with Crippen LogP contribution < -0.4 is 11.1 Å². The SMILES string of the molecule is CC(C)c1nccn1Cc1cccc(NC(=O)C2(N)CCCC2)c1.Cl.Cl. The molecule has 0 bridgehead atoms. The van der Waals surface area contributed by atoms with Gasteiger partial charge in [0.2, 0.25) is 5.91 Å². The summed E-state index contributed by atoms with van der Waals surface area (Å²) in [4.78, 5) is 16.9. The number of aromatic nitrogens is 2. The number of halogens is 2. The molecule has 1 aliphatic rings. The first kappa shape index (κ1) is 22.5. The van der Waals surface area contributed by atoms with Crippen LogP contribution >= 0.6 is 24.8 Å². The van der Waals surface area contributed by atoms with Crippen LogP contribution in [-0.4, -0.2) is 21.0 Å². The first-order chi connectivity index (χ1) is 11.5. The fourth-order valence-electron chi connectivity index (χ4n) is 3.39. The van der Waals surface area contributed by atoms with Gasteiger partial charge in [-0.3, -0.25) is 4.79 Å². The molecule has 7 heteroatoms. The van der Waals surface area contributed by atoms with Crippen molar-refractivity contribution >= 4 is 36.4 Å². The summed E-state index contributed by atoms with van der Waals surface area (Å²) in [6.45, 7) is 5.01. The third kappa shape index (κ3) is 5.00. The molecule has 26 heavy (non-hydrogen) atoms. The van der Waals surface area contributed by atoms with Gasteiger partial charge in [-0.1, -0.05) is 38.8 Å². The molecule has 5 nitrogen and oxygen atoms in total. The summed E-state index contributed by atoms with van der Waals surface area (Å²) in [7, 11) is 0. The van der Waals surface area contributed by atoms with E-state index in [1.807, 2.05) is 30.6 Å². The Bertz CT molecular complexity index is 724. The number of nitrogens with zero attached hydrogens (tertiary/aromatic N) is 2. The predicted octanol–water partition coefficient (Wildman–Crippen LogP) is 4.11. The number of hydrogen-bond donors (Lipinski definition) is 2. The van der Waals surface area contributed by atoms with Gasteiger partial charge in [0.25, 0.3) is 0 Å². The van der Waals surface area contributed by atoms with Crippen molar-refractivity contribution in [2.24, 2.45) is 5.73 Å². The number of anilines is 1. The number of hydrogen-bond acceptors (Lipinski definition) is 3. The number of amides is 1. The second-order valence-corrected chi connectivity index (χ2v) is 7.09. The number of rotatable bonds is 5. The van der Waals surface area contributed by atoms with E-state index in [0.717, 1.165) is 49.3 Å². The average Bonchev–Trinajstić information content (AvgIpc) is 3.17. The highest BCUT2D eigenvalue weighted by Gasteiger charge is 2.36. The minimum atomic E-state index is -0.703. The number of carbonyl (C=O) groups excluding carboxylic acids is 1. The largest absolute Gasteiger partial charge is 0.330 e. The van der Waals surface area contributed by atoms with Gasteiger partial charge in [0, 0.05) is 30.5 Å². The first-order valence-corrected chi connectivity index (χ1v) is 8.68. The number of nitrogens with one attached hydrogen (secondary N) is 1.